The standard InChI is InChI=1S/C12H18O7S/c1-20(14,15)16-7-8-9-10(11(13)17-8)19-12(18-9)5-3-2-4-6-12/h8-10H,2-7H2,1H3/t8-,9-,10-/m1/s1. The van der Waals surface area contributed by atoms with E-state index in [-0.39, 0.29) is 6.61 Å². The SMILES string of the molecule is CS(=O)(=O)OC[C@H]1OC(=O)[C@@H]2OC3(CCCCC3)O[C@H]12. The van der Waals surface area contributed by atoms with E-state index in [2.05, 4.69) is 0 Å². The summed E-state index contributed by atoms with van der Waals surface area (Å²) < 4.78 is 43.5. The lowest BCUT2D eigenvalue weighted by Gasteiger charge is -2.32. The second-order valence-electron chi connectivity index (χ2n) is 5.56. The largest absolute Gasteiger partial charge is 0.455 e. The molecular formula is C12H18O7S. The Morgan fingerprint density at radius 1 is 1.25 bits per heavy atom. The number of esters is 1. The summed E-state index contributed by atoms with van der Waals surface area (Å²) in [6.07, 6.45) is 3.52. The number of ether oxygens (including phenoxy) is 3. The van der Waals surface area contributed by atoms with E-state index in [1.807, 2.05) is 0 Å². The van der Waals surface area contributed by atoms with Crippen LogP contribution in [0.15, 0.2) is 0 Å². The van der Waals surface area contributed by atoms with E-state index in [9.17, 15) is 13.2 Å². The maximum Gasteiger partial charge on any atom is 0.338 e. The van der Waals surface area contributed by atoms with Gasteiger partial charge in [0.2, 0.25) is 0 Å². The van der Waals surface area contributed by atoms with Crippen LogP contribution in [0.1, 0.15) is 32.1 Å². The minimum Gasteiger partial charge on any atom is -0.455 e. The highest BCUT2D eigenvalue weighted by Gasteiger charge is 2.59. The van der Waals surface area contributed by atoms with Crippen molar-refractivity contribution in [2.75, 3.05) is 12.9 Å². The van der Waals surface area contributed by atoms with Crippen LogP contribution in [0.4, 0.5) is 0 Å². The van der Waals surface area contributed by atoms with Crippen molar-refractivity contribution in [2.24, 2.45) is 0 Å². The smallest absolute Gasteiger partial charge is 0.338 e. The van der Waals surface area contributed by atoms with Crippen molar-refractivity contribution in [2.45, 2.75) is 56.2 Å². The second kappa shape index (κ2) is 4.94. The topological polar surface area (TPSA) is 88.1 Å². The highest BCUT2D eigenvalue weighted by Crippen LogP contribution is 2.44. The maximum atomic E-state index is 11.8. The molecule has 3 atom stereocenters. The summed E-state index contributed by atoms with van der Waals surface area (Å²) in [5.41, 5.74) is 0. The number of hydrogen-bond donors (Lipinski definition) is 0. The first-order chi connectivity index (χ1) is 9.39. The zero-order valence-corrected chi connectivity index (χ0v) is 12.1. The minimum atomic E-state index is -3.58. The number of rotatable bonds is 3. The molecule has 3 aliphatic rings. The van der Waals surface area contributed by atoms with E-state index < -0.39 is 40.2 Å². The third kappa shape index (κ3) is 2.69. The van der Waals surface area contributed by atoms with Gasteiger partial charge in [0, 0.05) is 12.8 Å². The molecule has 0 aromatic rings. The maximum absolute atomic E-state index is 11.8. The number of carbonyl (C=O) groups excluding carboxylic acids is 1. The van der Waals surface area contributed by atoms with Gasteiger partial charge in [-0.2, -0.15) is 8.42 Å². The number of carbonyl (C=O) groups is 1. The van der Waals surface area contributed by atoms with Crippen LogP contribution in [0.3, 0.4) is 0 Å². The molecule has 0 amide bonds. The van der Waals surface area contributed by atoms with Crippen LogP contribution in [0.5, 0.6) is 0 Å². The van der Waals surface area contributed by atoms with Crippen LogP contribution in [-0.4, -0.2) is 51.3 Å². The first kappa shape index (κ1) is 14.2. The third-order valence-corrected chi connectivity index (χ3v) is 4.48. The van der Waals surface area contributed by atoms with Crippen molar-refractivity contribution in [3.8, 4) is 0 Å². The first-order valence-electron chi connectivity index (χ1n) is 6.79. The van der Waals surface area contributed by atoms with Crippen LogP contribution in [-0.2, 0) is 33.3 Å². The Labute approximate surface area is 117 Å². The molecule has 2 aliphatic heterocycles. The van der Waals surface area contributed by atoms with Gasteiger partial charge >= 0.3 is 5.97 Å². The Morgan fingerprint density at radius 3 is 2.60 bits per heavy atom. The number of cyclic esters (lactones) is 1. The van der Waals surface area contributed by atoms with Crippen LogP contribution < -0.4 is 0 Å². The van der Waals surface area contributed by atoms with Gasteiger partial charge in [-0.3, -0.25) is 4.18 Å². The van der Waals surface area contributed by atoms with Crippen molar-refractivity contribution >= 4 is 16.1 Å². The van der Waals surface area contributed by atoms with Crippen LogP contribution in [0.25, 0.3) is 0 Å². The lowest BCUT2D eigenvalue weighted by molar-refractivity contribution is -0.217. The Morgan fingerprint density at radius 2 is 1.95 bits per heavy atom. The van der Waals surface area contributed by atoms with Gasteiger partial charge in [-0.25, -0.2) is 4.79 Å². The van der Waals surface area contributed by atoms with Crippen molar-refractivity contribution < 1.29 is 31.6 Å². The van der Waals surface area contributed by atoms with Gasteiger partial charge in [-0.1, -0.05) is 6.42 Å². The van der Waals surface area contributed by atoms with E-state index in [1.165, 1.54) is 0 Å². The van der Waals surface area contributed by atoms with Crippen molar-refractivity contribution in [1.29, 1.82) is 0 Å². The van der Waals surface area contributed by atoms with Crippen LogP contribution >= 0.6 is 0 Å². The lowest BCUT2D eigenvalue weighted by Crippen LogP contribution is -2.37. The zero-order valence-electron chi connectivity index (χ0n) is 11.2. The predicted molar refractivity (Wildman–Crippen MR) is 66.2 cm³/mol. The molecule has 8 heteroatoms. The number of hydrogen-bond acceptors (Lipinski definition) is 7. The molecule has 0 radical (unpaired) electrons. The second-order valence-corrected chi connectivity index (χ2v) is 7.20. The van der Waals surface area contributed by atoms with E-state index in [0.29, 0.717) is 0 Å². The summed E-state index contributed by atoms with van der Waals surface area (Å²) >= 11 is 0. The quantitative estimate of drug-likeness (QED) is 0.548. The summed E-state index contributed by atoms with van der Waals surface area (Å²) in [4.78, 5) is 11.8. The van der Waals surface area contributed by atoms with E-state index in [1.54, 1.807) is 0 Å². The average molecular weight is 306 g/mol. The fourth-order valence-electron chi connectivity index (χ4n) is 3.02. The Hall–Kier alpha value is -0.700. The molecule has 1 spiro atoms. The highest BCUT2D eigenvalue weighted by atomic mass is 32.2. The van der Waals surface area contributed by atoms with Gasteiger partial charge in [-0.15, -0.1) is 0 Å². The van der Waals surface area contributed by atoms with E-state index >= 15 is 0 Å². The van der Waals surface area contributed by atoms with Crippen molar-refractivity contribution in [3.63, 3.8) is 0 Å². The Bertz CT molecular complexity index is 494. The van der Waals surface area contributed by atoms with Crippen molar-refractivity contribution in [1.82, 2.24) is 0 Å². The van der Waals surface area contributed by atoms with Crippen LogP contribution in [0.2, 0.25) is 0 Å². The molecule has 2 saturated heterocycles. The molecule has 1 saturated carbocycles. The van der Waals surface area contributed by atoms with Gasteiger partial charge < -0.3 is 14.2 Å². The van der Waals surface area contributed by atoms with Gasteiger partial charge in [0.05, 0.1) is 6.26 Å². The molecule has 114 valence electrons. The fourth-order valence-corrected chi connectivity index (χ4v) is 3.40. The summed E-state index contributed by atoms with van der Waals surface area (Å²) in [5.74, 6) is -1.20. The Kier molecular flexibility index (Phi) is 3.52. The van der Waals surface area contributed by atoms with Gasteiger partial charge in [0.15, 0.2) is 18.0 Å². The molecule has 0 aromatic carbocycles. The molecule has 0 N–H and O–H groups in total. The average Bonchev–Trinajstić information content (AvgIpc) is 2.85. The summed E-state index contributed by atoms with van der Waals surface area (Å²) in [5, 5.41) is 0. The first-order valence-corrected chi connectivity index (χ1v) is 8.61. The Balaban J connectivity index is 1.69. The predicted octanol–water partition coefficient (Wildman–Crippen LogP) is 0.332. The molecular weight excluding hydrogens is 288 g/mol. The number of fused-ring (bicyclic) bond motifs is 1. The van der Waals surface area contributed by atoms with E-state index in [0.717, 1.165) is 38.4 Å². The van der Waals surface area contributed by atoms with E-state index in [4.69, 9.17) is 18.4 Å². The fraction of sp³-hybridized carbons (Fsp3) is 0.917. The van der Waals surface area contributed by atoms with Crippen LogP contribution in [0, 0.1) is 0 Å². The molecule has 20 heavy (non-hydrogen) atoms. The minimum absolute atomic E-state index is 0.231. The molecule has 0 unspecified atom stereocenters. The van der Waals surface area contributed by atoms with Gasteiger partial charge in [-0.05, 0) is 12.8 Å². The summed E-state index contributed by atoms with van der Waals surface area (Å²) in [7, 11) is -3.58. The lowest BCUT2D eigenvalue weighted by atomic mass is 9.94. The highest BCUT2D eigenvalue weighted by molar-refractivity contribution is 7.85. The van der Waals surface area contributed by atoms with Crippen molar-refractivity contribution in [3.05, 3.63) is 0 Å². The van der Waals surface area contributed by atoms with Gasteiger partial charge in [0.1, 0.15) is 12.7 Å². The zero-order chi connectivity index (χ0) is 14.4. The molecule has 2 heterocycles. The summed E-state index contributed by atoms with van der Waals surface area (Å²) in [6.45, 7) is -0.231. The molecule has 3 fully saturated rings. The summed E-state index contributed by atoms with van der Waals surface area (Å²) in [6, 6.07) is 0. The molecule has 1 aliphatic carbocycles. The molecule has 3 rings (SSSR count). The molecule has 0 bridgehead atoms. The third-order valence-electron chi connectivity index (χ3n) is 3.92. The molecule has 0 aromatic heterocycles. The molecule has 7 nitrogen and oxygen atoms in total. The van der Waals surface area contributed by atoms with Gasteiger partial charge in [0.25, 0.3) is 10.1 Å². The monoisotopic (exact) mass is 306 g/mol. The normalized spacial score (nSPS) is 36.0.